The van der Waals surface area contributed by atoms with Crippen LogP contribution in [0.3, 0.4) is 0 Å². The van der Waals surface area contributed by atoms with Crippen LogP contribution in [-0.2, 0) is 16.4 Å². The molecule has 118 valence electrons. The van der Waals surface area contributed by atoms with Crippen LogP contribution in [0.2, 0.25) is 0 Å². The summed E-state index contributed by atoms with van der Waals surface area (Å²) in [7, 11) is -3.18. The van der Waals surface area contributed by atoms with Crippen molar-refractivity contribution in [1.29, 1.82) is 0 Å². The van der Waals surface area contributed by atoms with Gasteiger partial charge in [0.15, 0.2) is 0 Å². The first kappa shape index (κ1) is 16.2. The average molecular weight is 315 g/mol. The number of halogens is 1. The minimum absolute atomic E-state index is 0.0529. The molecule has 1 fully saturated rings. The normalized spacial score (nSPS) is 18.8. The van der Waals surface area contributed by atoms with Crippen molar-refractivity contribution in [1.82, 2.24) is 4.31 Å². The highest BCUT2D eigenvalue weighted by Gasteiger charge is 2.26. The highest BCUT2D eigenvalue weighted by molar-refractivity contribution is 7.88. The third-order valence-electron chi connectivity index (χ3n) is 3.64. The van der Waals surface area contributed by atoms with E-state index in [9.17, 15) is 12.8 Å². The van der Waals surface area contributed by atoms with E-state index in [1.807, 2.05) is 17.9 Å². The van der Waals surface area contributed by atoms with Gasteiger partial charge in [-0.1, -0.05) is 12.1 Å². The number of hydrogen-bond donors (Lipinski definition) is 1. The van der Waals surface area contributed by atoms with Gasteiger partial charge in [0.25, 0.3) is 0 Å². The van der Waals surface area contributed by atoms with E-state index in [0.717, 1.165) is 5.56 Å². The number of hydrogen-bond acceptors (Lipinski definition) is 4. The van der Waals surface area contributed by atoms with Gasteiger partial charge < -0.3 is 10.6 Å². The molecule has 1 aliphatic rings. The van der Waals surface area contributed by atoms with Crippen LogP contribution in [0, 0.1) is 5.82 Å². The Balaban J connectivity index is 2.20. The van der Waals surface area contributed by atoms with E-state index in [2.05, 4.69) is 0 Å². The predicted molar refractivity (Wildman–Crippen MR) is 82.4 cm³/mol. The zero-order valence-corrected chi connectivity index (χ0v) is 13.2. The fourth-order valence-corrected chi connectivity index (χ4v) is 3.50. The number of para-hydroxylation sites is 1. The van der Waals surface area contributed by atoms with Crippen LogP contribution in [0.4, 0.5) is 10.1 Å². The molecule has 21 heavy (non-hydrogen) atoms. The Kier molecular flexibility index (Phi) is 4.85. The molecule has 7 heteroatoms. The van der Waals surface area contributed by atoms with Crippen LogP contribution in [0.15, 0.2) is 18.2 Å². The maximum absolute atomic E-state index is 14.2. The molecule has 1 heterocycles. The molecule has 0 spiro atoms. The third-order valence-corrected chi connectivity index (χ3v) is 4.94. The maximum atomic E-state index is 14.2. The molecule has 0 aliphatic carbocycles. The molecule has 2 rings (SSSR count). The van der Waals surface area contributed by atoms with Crippen molar-refractivity contribution in [3.05, 3.63) is 29.6 Å². The van der Waals surface area contributed by atoms with Gasteiger partial charge in [-0.15, -0.1) is 0 Å². The summed E-state index contributed by atoms with van der Waals surface area (Å²) in [5.41, 5.74) is 7.25. The first-order chi connectivity index (χ1) is 9.79. The Labute approximate surface area is 125 Å². The standard InChI is InChI=1S/C14H22FN3O2S/c1-11(16)10-12-4-3-5-13(15)14(12)17-6-8-18(9-7-17)21(2,19)20/h3-5,11H,6-10,16H2,1-2H3. The molecule has 2 N–H and O–H groups in total. The first-order valence-corrected chi connectivity index (χ1v) is 8.87. The Hall–Kier alpha value is -1.18. The number of benzene rings is 1. The molecular weight excluding hydrogens is 293 g/mol. The number of piperazine rings is 1. The second kappa shape index (κ2) is 6.29. The Morgan fingerprint density at radius 1 is 1.29 bits per heavy atom. The molecule has 1 aliphatic heterocycles. The molecule has 1 aromatic rings. The van der Waals surface area contributed by atoms with Gasteiger partial charge in [-0.25, -0.2) is 12.8 Å². The molecule has 0 saturated carbocycles. The zero-order chi connectivity index (χ0) is 15.6. The SMILES string of the molecule is CC(N)Cc1cccc(F)c1N1CCN(S(C)(=O)=O)CC1. The van der Waals surface area contributed by atoms with Gasteiger partial charge in [-0.05, 0) is 25.0 Å². The number of nitrogens with two attached hydrogens (primary N) is 1. The highest BCUT2D eigenvalue weighted by Crippen LogP contribution is 2.27. The summed E-state index contributed by atoms with van der Waals surface area (Å²) in [6.45, 7) is 3.62. The third kappa shape index (κ3) is 3.93. The Morgan fingerprint density at radius 3 is 2.43 bits per heavy atom. The lowest BCUT2D eigenvalue weighted by atomic mass is 10.0. The van der Waals surface area contributed by atoms with Crippen LogP contribution in [-0.4, -0.2) is 51.2 Å². The van der Waals surface area contributed by atoms with Crippen molar-refractivity contribution in [2.24, 2.45) is 5.73 Å². The van der Waals surface area contributed by atoms with Gasteiger partial charge in [-0.3, -0.25) is 0 Å². The molecule has 1 unspecified atom stereocenters. The molecule has 5 nitrogen and oxygen atoms in total. The van der Waals surface area contributed by atoms with E-state index in [0.29, 0.717) is 38.3 Å². The monoisotopic (exact) mass is 315 g/mol. The van der Waals surface area contributed by atoms with E-state index in [-0.39, 0.29) is 11.9 Å². The second-order valence-electron chi connectivity index (χ2n) is 5.58. The number of rotatable bonds is 4. The van der Waals surface area contributed by atoms with Gasteiger partial charge in [0.1, 0.15) is 5.82 Å². The van der Waals surface area contributed by atoms with Gasteiger partial charge >= 0.3 is 0 Å². The minimum Gasteiger partial charge on any atom is -0.366 e. The highest BCUT2D eigenvalue weighted by atomic mass is 32.2. The lowest BCUT2D eigenvalue weighted by molar-refractivity contribution is 0.386. The summed E-state index contributed by atoms with van der Waals surface area (Å²) in [5, 5.41) is 0. The average Bonchev–Trinajstić information content (AvgIpc) is 2.37. The van der Waals surface area contributed by atoms with Gasteiger partial charge in [0, 0.05) is 32.2 Å². The molecule has 0 aromatic heterocycles. The van der Waals surface area contributed by atoms with Crippen molar-refractivity contribution < 1.29 is 12.8 Å². The smallest absolute Gasteiger partial charge is 0.211 e. The lowest BCUT2D eigenvalue weighted by Gasteiger charge is -2.36. The van der Waals surface area contributed by atoms with E-state index in [1.165, 1.54) is 16.6 Å². The summed E-state index contributed by atoms with van der Waals surface area (Å²) in [5.74, 6) is -0.277. The van der Waals surface area contributed by atoms with Crippen LogP contribution in [0.1, 0.15) is 12.5 Å². The molecular formula is C14H22FN3O2S. The fourth-order valence-electron chi connectivity index (χ4n) is 2.67. The van der Waals surface area contributed by atoms with Gasteiger partial charge in [0.2, 0.25) is 10.0 Å². The van der Waals surface area contributed by atoms with E-state index < -0.39 is 10.0 Å². The topological polar surface area (TPSA) is 66.6 Å². The molecule has 1 saturated heterocycles. The van der Waals surface area contributed by atoms with Crippen molar-refractivity contribution >= 4 is 15.7 Å². The Morgan fingerprint density at radius 2 is 1.90 bits per heavy atom. The van der Waals surface area contributed by atoms with Gasteiger partial charge in [-0.2, -0.15) is 4.31 Å². The fraction of sp³-hybridized carbons (Fsp3) is 0.571. The van der Waals surface area contributed by atoms with Crippen LogP contribution in [0.25, 0.3) is 0 Å². The van der Waals surface area contributed by atoms with Crippen molar-refractivity contribution in [3.63, 3.8) is 0 Å². The molecule has 1 atom stereocenters. The number of sulfonamides is 1. The summed E-state index contributed by atoms with van der Waals surface area (Å²) < 4.78 is 38.7. The van der Waals surface area contributed by atoms with Crippen molar-refractivity contribution in [2.45, 2.75) is 19.4 Å². The zero-order valence-electron chi connectivity index (χ0n) is 12.4. The van der Waals surface area contributed by atoms with Crippen LogP contribution in [0.5, 0.6) is 0 Å². The van der Waals surface area contributed by atoms with Crippen LogP contribution < -0.4 is 10.6 Å². The summed E-state index contributed by atoms with van der Waals surface area (Å²) in [6, 6.07) is 4.94. The molecule has 1 aromatic carbocycles. The van der Waals surface area contributed by atoms with Crippen LogP contribution >= 0.6 is 0 Å². The number of anilines is 1. The lowest BCUT2D eigenvalue weighted by Crippen LogP contribution is -2.49. The predicted octanol–water partition coefficient (Wildman–Crippen LogP) is 0.797. The quantitative estimate of drug-likeness (QED) is 0.892. The van der Waals surface area contributed by atoms with Gasteiger partial charge in [0.05, 0.1) is 11.9 Å². The maximum Gasteiger partial charge on any atom is 0.211 e. The van der Waals surface area contributed by atoms with Crippen molar-refractivity contribution in [3.8, 4) is 0 Å². The van der Waals surface area contributed by atoms with Crippen molar-refractivity contribution in [2.75, 3.05) is 37.3 Å². The van der Waals surface area contributed by atoms with E-state index >= 15 is 0 Å². The van der Waals surface area contributed by atoms with E-state index in [4.69, 9.17) is 5.73 Å². The summed E-state index contributed by atoms with van der Waals surface area (Å²) in [4.78, 5) is 1.91. The Bertz CT molecular complexity index is 596. The minimum atomic E-state index is -3.18. The largest absolute Gasteiger partial charge is 0.366 e. The summed E-state index contributed by atoms with van der Waals surface area (Å²) in [6.07, 6.45) is 1.80. The first-order valence-electron chi connectivity index (χ1n) is 7.02. The second-order valence-corrected chi connectivity index (χ2v) is 7.56. The molecule has 0 amide bonds. The van der Waals surface area contributed by atoms with E-state index in [1.54, 1.807) is 6.07 Å². The summed E-state index contributed by atoms with van der Waals surface area (Å²) >= 11 is 0. The number of nitrogens with zero attached hydrogens (tertiary/aromatic N) is 2. The molecule has 0 radical (unpaired) electrons. The molecule has 0 bridgehead atoms.